The molecule has 3 heteroatoms. The zero-order valence-electron chi connectivity index (χ0n) is 37.4. The van der Waals surface area contributed by atoms with Crippen LogP contribution in [0.2, 0.25) is 0 Å². The highest BCUT2D eigenvalue weighted by Crippen LogP contribution is 2.44. The van der Waals surface area contributed by atoms with Crippen LogP contribution in [0.5, 0.6) is 0 Å². The summed E-state index contributed by atoms with van der Waals surface area (Å²) in [6, 6.07) is 89.7. The fourth-order valence-electron chi connectivity index (χ4n) is 10.6. The van der Waals surface area contributed by atoms with Gasteiger partial charge in [-0.3, -0.25) is 0 Å². The number of hydrogen-bond donors (Lipinski definition) is 0. The average Bonchev–Trinajstić information content (AvgIpc) is 3.99. The number of benzene rings is 12. The molecule has 0 unspecified atom stereocenters. The lowest BCUT2D eigenvalue weighted by Crippen LogP contribution is -2.10. The van der Waals surface area contributed by atoms with E-state index in [2.05, 4.69) is 229 Å². The second-order valence-corrected chi connectivity index (χ2v) is 18.0. The van der Waals surface area contributed by atoms with Gasteiger partial charge in [-0.2, -0.15) is 0 Å². The largest absolute Gasteiger partial charge is 0.456 e. The zero-order chi connectivity index (χ0) is 45.4. The maximum atomic E-state index is 6.36. The molecule has 0 N–H and O–H groups in total. The van der Waals surface area contributed by atoms with Gasteiger partial charge in [-0.25, -0.2) is 0 Å². The van der Waals surface area contributed by atoms with Gasteiger partial charge in [0, 0.05) is 38.3 Å². The summed E-state index contributed by atoms with van der Waals surface area (Å²) in [6.45, 7) is 0. The summed E-state index contributed by atoms with van der Waals surface area (Å²) in [7, 11) is 0. The predicted molar refractivity (Wildman–Crippen MR) is 290 cm³/mol. The number of para-hydroxylation sites is 2. The lowest BCUT2D eigenvalue weighted by Gasteiger charge is -2.28. The molecular weight excluding hydrogens is 839 g/mol. The average molecular weight is 880 g/mol. The Bertz CT molecular complexity index is 4290. The van der Waals surface area contributed by atoms with Gasteiger partial charge in [-0.15, -0.1) is 0 Å². The molecular formula is C66H41NO2. The molecule has 14 rings (SSSR count). The number of hydrogen-bond acceptors (Lipinski definition) is 3. The second kappa shape index (κ2) is 15.7. The first-order chi connectivity index (χ1) is 34.2. The lowest BCUT2D eigenvalue weighted by molar-refractivity contribution is 0.668. The zero-order valence-corrected chi connectivity index (χ0v) is 37.4. The lowest BCUT2D eigenvalue weighted by atomic mass is 9.92. The molecule has 0 bridgehead atoms. The number of furan rings is 2. The van der Waals surface area contributed by atoms with Gasteiger partial charge in [0.1, 0.15) is 22.3 Å². The molecule has 14 aromatic rings. The minimum absolute atomic E-state index is 0.897. The van der Waals surface area contributed by atoms with E-state index in [1.54, 1.807) is 0 Å². The van der Waals surface area contributed by atoms with Crippen molar-refractivity contribution >= 4 is 93.3 Å². The molecule has 0 atom stereocenters. The SMILES string of the molecule is c1ccc2c(-c3ccc4c(c3)oc3ccccc34)cc(-c3ccc(N(c4ccc(-c5ccc(-c6ccc7c(c6)oc6ccccc67)cc5)cc4)c4cc5ccccc5c5ccccc45)cc3)cc2c1. The van der Waals surface area contributed by atoms with Gasteiger partial charge in [0.15, 0.2) is 0 Å². The molecule has 0 aliphatic rings. The first kappa shape index (κ1) is 39.0. The van der Waals surface area contributed by atoms with Crippen molar-refractivity contribution in [3.8, 4) is 44.5 Å². The van der Waals surface area contributed by atoms with E-state index in [4.69, 9.17) is 8.83 Å². The number of fused-ring (bicyclic) bond motifs is 10. The molecule has 0 fully saturated rings. The van der Waals surface area contributed by atoms with Crippen molar-refractivity contribution in [1.82, 2.24) is 0 Å². The second-order valence-electron chi connectivity index (χ2n) is 18.0. The highest BCUT2D eigenvalue weighted by atomic mass is 16.3. The van der Waals surface area contributed by atoms with Crippen LogP contribution < -0.4 is 4.90 Å². The van der Waals surface area contributed by atoms with Crippen molar-refractivity contribution < 1.29 is 8.83 Å². The van der Waals surface area contributed by atoms with E-state index in [0.29, 0.717) is 0 Å². The van der Waals surface area contributed by atoms with Crippen LogP contribution in [0.15, 0.2) is 258 Å². The van der Waals surface area contributed by atoms with Gasteiger partial charge in [-0.1, -0.05) is 170 Å². The minimum Gasteiger partial charge on any atom is -0.456 e. The van der Waals surface area contributed by atoms with Crippen molar-refractivity contribution in [3.63, 3.8) is 0 Å². The Hall–Kier alpha value is -9.18. The molecule has 0 aliphatic carbocycles. The van der Waals surface area contributed by atoms with Crippen molar-refractivity contribution in [1.29, 1.82) is 0 Å². The Morgan fingerprint density at radius 2 is 0.638 bits per heavy atom. The Labute approximate surface area is 398 Å². The van der Waals surface area contributed by atoms with Crippen LogP contribution >= 0.6 is 0 Å². The quantitative estimate of drug-likeness (QED) is 0.149. The summed E-state index contributed by atoms with van der Waals surface area (Å²) < 4.78 is 12.6. The van der Waals surface area contributed by atoms with Crippen LogP contribution in [-0.4, -0.2) is 0 Å². The van der Waals surface area contributed by atoms with E-state index in [1.807, 2.05) is 24.3 Å². The third-order valence-corrected chi connectivity index (χ3v) is 14.1. The van der Waals surface area contributed by atoms with Crippen molar-refractivity contribution in [3.05, 3.63) is 249 Å². The fourth-order valence-corrected chi connectivity index (χ4v) is 10.6. The smallest absolute Gasteiger partial charge is 0.136 e. The molecule has 12 aromatic carbocycles. The third kappa shape index (κ3) is 6.58. The van der Waals surface area contributed by atoms with E-state index in [9.17, 15) is 0 Å². The van der Waals surface area contributed by atoms with Crippen LogP contribution in [0.25, 0.3) is 121 Å². The summed E-state index contributed by atoms with van der Waals surface area (Å²) in [5.74, 6) is 0. The minimum atomic E-state index is 0.897. The van der Waals surface area contributed by atoms with Crippen LogP contribution in [0.3, 0.4) is 0 Å². The van der Waals surface area contributed by atoms with Gasteiger partial charge in [0.05, 0.1) is 5.69 Å². The van der Waals surface area contributed by atoms with Gasteiger partial charge in [0.2, 0.25) is 0 Å². The van der Waals surface area contributed by atoms with E-state index in [1.165, 1.54) is 37.9 Å². The van der Waals surface area contributed by atoms with Crippen molar-refractivity contribution in [2.75, 3.05) is 4.90 Å². The predicted octanol–water partition coefficient (Wildman–Crippen LogP) is 19.1. The fraction of sp³-hybridized carbons (Fsp3) is 0. The molecule has 0 amide bonds. The molecule has 2 heterocycles. The highest BCUT2D eigenvalue weighted by Gasteiger charge is 2.19. The molecule has 322 valence electrons. The van der Waals surface area contributed by atoms with Crippen LogP contribution in [-0.2, 0) is 0 Å². The summed E-state index contributed by atoms with van der Waals surface area (Å²) in [6.07, 6.45) is 0. The molecule has 2 aromatic heterocycles. The molecule has 0 saturated carbocycles. The van der Waals surface area contributed by atoms with Gasteiger partial charge in [-0.05, 0) is 150 Å². The number of nitrogens with zero attached hydrogens (tertiary/aromatic N) is 1. The summed E-state index contributed by atoms with van der Waals surface area (Å²) in [5, 5.41) is 11.8. The summed E-state index contributed by atoms with van der Waals surface area (Å²) in [5.41, 5.74) is 16.1. The first-order valence-electron chi connectivity index (χ1n) is 23.5. The van der Waals surface area contributed by atoms with Gasteiger partial charge in [0.25, 0.3) is 0 Å². The van der Waals surface area contributed by atoms with Crippen molar-refractivity contribution in [2.45, 2.75) is 0 Å². The first-order valence-corrected chi connectivity index (χ1v) is 23.5. The van der Waals surface area contributed by atoms with Crippen LogP contribution in [0.1, 0.15) is 0 Å². The molecule has 3 nitrogen and oxygen atoms in total. The van der Waals surface area contributed by atoms with Crippen LogP contribution in [0, 0.1) is 0 Å². The standard InChI is InChI=1S/C66H41NO2/c1-4-14-54-47(11-1)37-50(38-61(54)49-30-36-60-58-18-8-10-20-64(58)69-66(60)41-49)45-27-33-52(34-28-45)67(62-39-48-12-2-3-13-53(48)55-15-5-6-16-56(55)62)51-31-25-43(26-32-51)42-21-23-44(24-22-42)46-29-35-59-57-17-7-9-19-63(57)68-65(59)40-46/h1-41H. The normalized spacial score (nSPS) is 11.8. The van der Waals surface area contributed by atoms with E-state index in [-0.39, 0.29) is 0 Å². The van der Waals surface area contributed by atoms with E-state index < -0.39 is 0 Å². The Morgan fingerprint density at radius 3 is 1.25 bits per heavy atom. The molecule has 0 saturated heterocycles. The summed E-state index contributed by atoms with van der Waals surface area (Å²) in [4.78, 5) is 2.41. The third-order valence-electron chi connectivity index (χ3n) is 14.1. The van der Waals surface area contributed by atoms with Crippen molar-refractivity contribution in [2.24, 2.45) is 0 Å². The Morgan fingerprint density at radius 1 is 0.232 bits per heavy atom. The van der Waals surface area contributed by atoms with Gasteiger partial charge < -0.3 is 13.7 Å². The Balaban J connectivity index is 0.842. The monoisotopic (exact) mass is 879 g/mol. The summed E-state index contributed by atoms with van der Waals surface area (Å²) >= 11 is 0. The molecule has 0 spiro atoms. The number of anilines is 3. The molecule has 0 radical (unpaired) electrons. The Kier molecular flexibility index (Phi) is 8.90. The highest BCUT2D eigenvalue weighted by molar-refractivity contribution is 6.15. The topological polar surface area (TPSA) is 29.5 Å². The van der Waals surface area contributed by atoms with Gasteiger partial charge >= 0.3 is 0 Å². The maximum absolute atomic E-state index is 6.36. The maximum Gasteiger partial charge on any atom is 0.136 e. The molecule has 0 aliphatic heterocycles. The van der Waals surface area contributed by atoms with Crippen LogP contribution in [0.4, 0.5) is 17.1 Å². The van der Waals surface area contributed by atoms with E-state index >= 15 is 0 Å². The van der Waals surface area contributed by atoms with E-state index in [0.717, 1.165) is 99.9 Å². The number of rotatable bonds is 7. The molecule has 69 heavy (non-hydrogen) atoms.